The van der Waals surface area contributed by atoms with Crippen molar-refractivity contribution in [3.63, 3.8) is 0 Å². The highest BCUT2D eigenvalue weighted by Gasteiger charge is 2.17. The smallest absolute Gasteiger partial charge is 0.231 e. The number of hydrogen-bond acceptors (Lipinski definition) is 22. The van der Waals surface area contributed by atoms with Crippen LogP contribution in [0.5, 0.6) is 23.0 Å². The Bertz CT molecular complexity index is 5460. The fraction of sp³-hybridized carbons (Fsp3) is 0.241. The Morgan fingerprint density at radius 1 is 0.387 bits per heavy atom. The van der Waals surface area contributed by atoms with Gasteiger partial charge in [-0.2, -0.15) is 0 Å². The molecule has 0 radical (unpaired) electrons. The van der Waals surface area contributed by atoms with E-state index in [1.807, 2.05) is 173 Å². The van der Waals surface area contributed by atoms with E-state index in [4.69, 9.17) is 43.1 Å². The molecule has 538 valence electrons. The maximum atomic E-state index is 5.48. The Balaban J connectivity index is 0.000000124. The molecule has 0 amide bonds. The molecule has 7 aliphatic rings. The van der Waals surface area contributed by atoms with Crippen LogP contribution < -0.4 is 61.8 Å². The summed E-state index contributed by atoms with van der Waals surface area (Å²) >= 11 is 3.47. The van der Waals surface area contributed by atoms with Crippen molar-refractivity contribution in [3.05, 3.63) is 314 Å². The molecule has 0 spiro atoms. The van der Waals surface area contributed by atoms with E-state index in [0.717, 1.165) is 162 Å². The Kier molecular flexibility index (Phi) is 25.6. The maximum Gasteiger partial charge on any atom is 0.231 e. The van der Waals surface area contributed by atoms with E-state index >= 15 is 0 Å². The largest absolute Gasteiger partial charge is 0.454 e. The first kappa shape index (κ1) is 73.6. The lowest BCUT2D eigenvalue weighted by Gasteiger charge is -2.05. The first-order valence-corrected chi connectivity index (χ1v) is 35.4. The molecule has 1 aliphatic carbocycles. The van der Waals surface area contributed by atoms with Crippen LogP contribution in [0.15, 0.2) is 270 Å². The molecule has 0 saturated heterocycles. The van der Waals surface area contributed by atoms with Gasteiger partial charge in [0.1, 0.15) is 59.7 Å². The summed E-state index contributed by atoms with van der Waals surface area (Å²) in [6, 6.07) is 57.8. The molecule has 0 aromatic heterocycles. The second kappa shape index (κ2) is 36.9. The maximum absolute atomic E-state index is 5.48. The number of benzene rings is 9. The lowest BCUT2D eigenvalue weighted by atomic mass is 10.0. The topological polar surface area (TPSA) is 244 Å². The molecule has 16 rings (SSSR count). The Hall–Kier alpha value is -12.1. The van der Waals surface area contributed by atoms with E-state index in [1.165, 1.54) is 16.7 Å². The third-order valence-electron chi connectivity index (χ3n) is 17.3. The average molecular weight is 1480 g/mol. The summed E-state index contributed by atoms with van der Waals surface area (Å²) in [5, 5.41) is 28.3. The highest BCUT2D eigenvalue weighted by molar-refractivity contribution is 9.10. The van der Waals surface area contributed by atoms with Gasteiger partial charge in [-0.1, -0.05) is 141 Å². The van der Waals surface area contributed by atoms with Gasteiger partial charge >= 0.3 is 0 Å². The first-order valence-electron chi connectivity index (χ1n) is 34.6. The van der Waals surface area contributed by atoms with E-state index in [2.05, 4.69) is 151 Å². The molecule has 0 saturated carbocycles. The summed E-state index contributed by atoms with van der Waals surface area (Å²) in [7, 11) is 0. The van der Waals surface area contributed by atoms with Crippen LogP contribution in [0.4, 0.5) is 0 Å². The van der Waals surface area contributed by atoms with Gasteiger partial charge in [-0.15, -0.1) is 0 Å². The van der Waals surface area contributed by atoms with Crippen LogP contribution in [-0.2, 0) is 50.6 Å². The molecule has 9 aromatic rings. The standard InChI is InChI=1S/C18H19N3O.C17H15N3O3.C17H17N3O.C16H15N3O.C15H14BrNO3/c1-12-4-6-16(8-13(12)2)14(3)21-22-10-15-5-7-17-18(9-15)20-11-19-17;1-11(13-3-5-16-17(7-13)22-10-21-16)20-23-8-12-2-4-14-15(6-12)19-9-18-14;1-12-3-6-15(7-4-12)13(2)20-21-10-14-5-8-16-17(9-14)19-11-18-16;1-12(14-5-3-2-4-6-14)19-20-10-13-7-8-15-16(9-13)18-11-17-15;16-13-7-15-14(18-10-19-15)6-12(13)8-17-20-9-11-4-2-1-3-5-11/h4-9H,10-11H2,1-3H3;2-7H,8-10H2,1H3;3-9H,10-11H2,1-2H3;2-9H,10-11H2,1H3;2,4-8H,1,3,9-10H2/b21-14+;20-11+;20-13+;19-12+;17-8+. The fourth-order valence-electron chi connectivity index (χ4n) is 11.0. The van der Waals surface area contributed by atoms with E-state index < -0.39 is 0 Å². The van der Waals surface area contributed by atoms with Crippen molar-refractivity contribution in [2.45, 2.75) is 87.7 Å². The molecule has 0 N–H and O–H groups in total. The second-order valence-corrected chi connectivity index (χ2v) is 25.9. The minimum atomic E-state index is 0.263. The zero-order valence-electron chi connectivity index (χ0n) is 60.1. The molecule has 22 nitrogen and oxygen atoms in total. The predicted octanol–water partition coefficient (Wildman–Crippen LogP) is 11.8. The molecule has 9 aromatic carbocycles. The minimum Gasteiger partial charge on any atom is -0.454 e. The zero-order chi connectivity index (χ0) is 73.4. The number of aryl methyl sites for hydroxylation is 3. The van der Waals surface area contributed by atoms with Gasteiger partial charge in [0, 0.05) is 15.6 Å². The number of fused-ring (bicyclic) bond motifs is 6. The fourth-order valence-corrected chi connectivity index (χ4v) is 11.5. The van der Waals surface area contributed by atoms with E-state index in [9.17, 15) is 0 Å². The molecule has 0 bridgehead atoms. The van der Waals surface area contributed by atoms with Gasteiger partial charge in [-0.3, -0.25) is 39.9 Å². The van der Waals surface area contributed by atoms with Crippen molar-refractivity contribution < 1.29 is 43.1 Å². The van der Waals surface area contributed by atoms with Crippen LogP contribution in [0.25, 0.3) is 0 Å². The van der Waals surface area contributed by atoms with Crippen LogP contribution in [0.1, 0.15) is 107 Å². The molecule has 6 heterocycles. The number of ether oxygens (including phenoxy) is 4. The van der Waals surface area contributed by atoms with E-state index in [-0.39, 0.29) is 13.6 Å². The van der Waals surface area contributed by atoms with Gasteiger partial charge < -0.3 is 43.1 Å². The summed E-state index contributed by atoms with van der Waals surface area (Å²) in [5.74, 6) is 2.97. The van der Waals surface area contributed by atoms with Gasteiger partial charge in [0.05, 0.1) is 71.9 Å². The van der Waals surface area contributed by atoms with Crippen molar-refractivity contribution >= 4 is 45.0 Å². The van der Waals surface area contributed by atoms with Crippen LogP contribution in [0.2, 0.25) is 0 Å². The lowest BCUT2D eigenvalue weighted by molar-refractivity contribution is 0.130. The van der Waals surface area contributed by atoms with Crippen molar-refractivity contribution in [2.24, 2.45) is 65.7 Å². The third kappa shape index (κ3) is 20.8. The number of allylic oxidation sites excluding steroid dienone is 2. The van der Waals surface area contributed by atoms with Crippen LogP contribution in [-0.4, -0.2) is 75.9 Å². The Labute approximate surface area is 621 Å². The second-order valence-electron chi connectivity index (χ2n) is 25.0. The summed E-state index contributed by atoms with van der Waals surface area (Å²) in [6.45, 7) is 18.9. The summed E-state index contributed by atoms with van der Waals surface area (Å²) < 4.78 is 22.2. The zero-order valence-corrected chi connectivity index (χ0v) is 61.7. The van der Waals surface area contributed by atoms with Crippen molar-refractivity contribution in [3.8, 4) is 23.0 Å². The molecule has 106 heavy (non-hydrogen) atoms. The molecular formula is C83H80BrN13O9. The van der Waals surface area contributed by atoms with Crippen molar-refractivity contribution in [1.29, 1.82) is 0 Å². The van der Waals surface area contributed by atoms with Crippen LogP contribution >= 0.6 is 15.9 Å². The van der Waals surface area contributed by atoms with Crippen LogP contribution in [0, 0.1) is 20.8 Å². The Morgan fingerprint density at radius 2 is 0.802 bits per heavy atom. The van der Waals surface area contributed by atoms with Gasteiger partial charge in [0.2, 0.25) is 13.6 Å². The van der Waals surface area contributed by atoms with Crippen LogP contribution in [0.3, 0.4) is 0 Å². The van der Waals surface area contributed by atoms with Crippen molar-refractivity contribution in [1.82, 2.24) is 0 Å². The Morgan fingerprint density at radius 3 is 1.27 bits per heavy atom. The van der Waals surface area contributed by atoms with Gasteiger partial charge in [-0.25, -0.2) is 0 Å². The summed E-state index contributed by atoms with van der Waals surface area (Å²) in [4.78, 5) is 61.3. The molecule has 0 fully saturated rings. The van der Waals surface area contributed by atoms with E-state index in [1.54, 1.807) is 6.21 Å². The highest BCUT2D eigenvalue weighted by atomic mass is 79.9. The van der Waals surface area contributed by atoms with Gasteiger partial charge in [0.25, 0.3) is 0 Å². The molecule has 23 heteroatoms. The normalized spacial score (nSPS) is 14.3. The van der Waals surface area contributed by atoms with Gasteiger partial charge in [0.15, 0.2) is 23.0 Å². The third-order valence-corrected chi connectivity index (χ3v) is 17.9. The number of halogens is 1. The summed E-state index contributed by atoms with van der Waals surface area (Å²) in [6.07, 6.45) is 10.3. The minimum absolute atomic E-state index is 0.263. The highest BCUT2D eigenvalue weighted by Crippen LogP contribution is 2.36. The van der Waals surface area contributed by atoms with E-state index in [0.29, 0.717) is 59.7 Å². The number of oxime groups is 5. The number of rotatable bonds is 20. The SMILES string of the molecule is Brc1cc2c(cc1/C=N/OCC1=CCCC=C1)OCO2.C/C(=N\OCc1ccc2c(c1)=NCN=2)c1ccc(C)c(C)c1.C/C(=N\OCc1ccc2c(c1)=NCN=2)c1ccc(C)cc1.C/C(=N\OCc1ccc2c(c1)=NCN=2)c1ccc2c(c1)OCO2.C/C(=N\OCc1ccc2c(c1)=NCN=2)c1ccccc1. The summed E-state index contributed by atoms with van der Waals surface area (Å²) in [5.41, 5.74) is 17.6. The van der Waals surface area contributed by atoms with Gasteiger partial charge in [-0.05, 0) is 218 Å². The molecular weight excluding hydrogens is 1400 g/mol. The average Bonchev–Trinajstić information content (AvgIpc) is 1.70. The quantitative estimate of drug-likeness (QED) is 0.0519. The molecule has 6 aliphatic heterocycles. The molecule has 0 unspecified atom stereocenters. The lowest BCUT2D eigenvalue weighted by Crippen LogP contribution is -2.21. The monoisotopic (exact) mass is 1480 g/mol. The number of nitrogens with zero attached hydrogens (tertiary/aromatic N) is 13. The number of hydrogen-bond donors (Lipinski definition) is 0. The van der Waals surface area contributed by atoms with Crippen molar-refractivity contribution in [2.75, 3.05) is 46.9 Å². The first-order chi connectivity index (χ1) is 51.8. The molecule has 0 atom stereocenters. The predicted molar refractivity (Wildman–Crippen MR) is 409 cm³/mol.